The van der Waals surface area contributed by atoms with E-state index in [0.717, 1.165) is 5.56 Å². The van der Waals surface area contributed by atoms with Crippen molar-refractivity contribution in [1.29, 1.82) is 0 Å². The Morgan fingerprint density at radius 3 is 2.31 bits per heavy atom. The van der Waals surface area contributed by atoms with Gasteiger partial charge in [0.05, 0.1) is 5.02 Å². The molecule has 6 nitrogen and oxygen atoms in total. The summed E-state index contributed by atoms with van der Waals surface area (Å²) in [6.45, 7) is 0.856. The number of carbonyl (C=O) groups is 2. The molecule has 0 saturated carbocycles. The lowest BCUT2D eigenvalue weighted by Crippen LogP contribution is -2.45. The predicted molar refractivity (Wildman–Crippen MR) is 138 cm³/mol. The van der Waals surface area contributed by atoms with Crippen molar-refractivity contribution < 1.29 is 19.1 Å². The van der Waals surface area contributed by atoms with Gasteiger partial charge in [-0.3, -0.25) is 9.59 Å². The number of hydrogen-bond acceptors (Lipinski definition) is 4. The highest BCUT2D eigenvalue weighted by Gasteiger charge is 2.31. The van der Waals surface area contributed by atoms with Gasteiger partial charge in [0.15, 0.2) is 6.61 Å². The molecular weight excluding hydrogens is 487 g/mol. The number of methoxy groups -OCH3 is 1. The van der Waals surface area contributed by atoms with Gasteiger partial charge in [0.2, 0.25) is 5.91 Å². The Bertz CT molecular complexity index is 1090. The predicted octanol–water partition coefficient (Wildman–Crippen LogP) is 5.30. The van der Waals surface area contributed by atoms with Gasteiger partial charge in [-0.1, -0.05) is 77.8 Å². The summed E-state index contributed by atoms with van der Waals surface area (Å²) in [7, 11) is 1.61. The maximum Gasteiger partial charge on any atom is 0.261 e. The molecule has 0 radical (unpaired) electrons. The third-order valence-electron chi connectivity index (χ3n) is 5.27. The Labute approximate surface area is 215 Å². The minimum atomic E-state index is -0.864. The molecule has 0 aliphatic rings. The summed E-state index contributed by atoms with van der Waals surface area (Å²) in [6, 6.07) is 22.4. The van der Waals surface area contributed by atoms with Gasteiger partial charge >= 0.3 is 0 Å². The molecular formula is C27H28Cl2N2O4. The Kier molecular flexibility index (Phi) is 10.4. The summed E-state index contributed by atoms with van der Waals surface area (Å²) in [5.74, 6) is -0.248. The quantitative estimate of drug-likeness (QED) is 0.333. The summed E-state index contributed by atoms with van der Waals surface area (Å²) in [5, 5.41) is 3.92. The number of nitrogens with zero attached hydrogens (tertiary/aromatic N) is 1. The van der Waals surface area contributed by atoms with Gasteiger partial charge in [0.1, 0.15) is 11.8 Å². The van der Waals surface area contributed by atoms with Gasteiger partial charge < -0.3 is 19.7 Å². The summed E-state index contributed by atoms with van der Waals surface area (Å²) in [5.41, 5.74) is 1.52. The molecule has 2 amide bonds. The van der Waals surface area contributed by atoms with E-state index in [1.165, 1.54) is 4.90 Å². The van der Waals surface area contributed by atoms with Crippen molar-refractivity contribution in [2.45, 2.75) is 19.0 Å². The van der Waals surface area contributed by atoms with Crippen molar-refractivity contribution in [3.63, 3.8) is 0 Å². The standard InChI is InChI=1S/C27H28Cl2N2O4/c1-34-17-7-16-30-27(33)26(21-8-3-2-4-9-21)31(18-20-12-14-22(28)15-13-20)25(32)19-35-24-11-6-5-10-23(24)29/h2-6,8-15,26H,7,16-19H2,1H3,(H,30,33)/t26-/m0/s1. The van der Waals surface area contributed by atoms with E-state index in [9.17, 15) is 9.59 Å². The first-order valence-electron chi connectivity index (χ1n) is 11.2. The largest absolute Gasteiger partial charge is 0.482 e. The SMILES string of the molecule is COCCCNC(=O)[C@H](c1ccccc1)N(Cc1ccc(Cl)cc1)C(=O)COc1ccccc1Cl. The topological polar surface area (TPSA) is 67.9 Å². The number of para-hydroxylation sites is 1. The molecule has 8 heteroatoms. The van der Waals surface area contributed by atoms with Crippen molar-refractivity contribution in [1.82, 2.24) is 10.2 Å². The van der Waals surface area contributed by atoms with Crippen LogP contribution >= 0.6 is 23.2 Å². The van der Waals surface area contributed by atoms with Gasteiger partial charge in [-0.25, -0.2) is 0 Å². The molecule has 0 heterocycles. The highest BCUT2D eigenvalue weighted by molar-refractivity contribution is 6.32. The Balaban J connectivity index is 1.90. The number of hydrogen-bond donors (Lipinski definition) is 1. The summed E-state index contributed by atoms with van der Waals surface area (Å²) in [6.07, 6.45) is 0.657. The molecule has 3 rings (SSSR count). The molecule has 1 atom stereocenters. The van der Waals surface area contributed by atoms with Crippen LogP contribution in [0.2, 0.25) is 10.0 Å². The normalized spacial score (nSPS) is 11.5. The Morgan fingerprint density at radius 1 is 0.943 bits per heavy atom. The number of nitrogens with one attached hydrogen (secondary N) is 1. The molecule has 1 N–H and O–H groups in total. The molecule has 0 aliphatic carbocycles. The van der Waals surface area contributed by atoms with Crippen molar-refractivity contribution in [3.05, 3.63) is 100 Å². The van der Waals surface area contributed by atoms with E-state index in [4.69, 9.17) is 32.7 Å². The zero-order valence-corrected chi connectivity index (χ0v) is 21.0. The average molecular weight is 515 g/mol. The molecule has 0 spiro atoms. The van der Waals surface area contributed by atoms with Crippen LogP contribution in [0.25, 0.3) is 0 Å². The van der Waals surface area contributed by atoms with Gasteiger partial charge in [-0.2, -0.15) is 0 Å². The molecule has 0 fully saturated rings. The number of carbonyl (C=O) groups excluding carboxylic acids is 2. The summed E-state index contributed by atoms with van der Waals surface area (Å²) < 4.78 is 10.8. The van der Waals surface area contributed by atoms with Crippen LogP contribution in [0.3, 0.4) is 0 Å². The van der Waals surface area contributed by atoms with E-state index in [0.29, 0.717) is 40.9 Å². The van der Waals surface area contributed by atoms with Gasteiger partial charge in [-0.05, 0) is 41.8 Å². The number of amides is 2. The van der Waals surface area contributed by atoms with Crippen molar-refractivity contribution in [3.8, 4) is 5.75 Å². The van der Waals surface area contributed by atoms with Crippen LogP contribution in [-0.4, -0.2) is 43.6 Å². The van der Waals surface area contributed by atoms with E-state index in [1.54, 1.807) is 43.5 Å². The van der Waals surface area contributed by atoms with E-state index in [2.05, 4.69) is 5.32 Å². The third kappa shape index (κ3) is 7.99. The Hall–Kier alpha value is -3.06. The first-order chi connectivity index (χ1) is 17.0. The monoisotopic (exact) mass is 514 g/mol. The second-order valence-corrected chi connectivity index (χ2v) is 8.66. The zero-order valence-electron chi connectivity index (χ0n) is 19.5. The van der Waals surface area contributed by atoms with Crippen LogP contribution in [0.15, 0.2) is 78.9 Å². The molecule has 0 aromatic heterocycles. The van der Waals surface area contributed by atoms with Crippen LogP contribution < -0.4 is 10.1 Å². The number of benzene rings is 3. The fourth-order valence-electron chi connectivity index (χ4n) is 3.53. The lowest BCUT2D eigenvalue weighted by molar-refractivity contribution is -0.143. The average Bonchev–Trinajstić information content (AvgIpc) is 2.87. The second-order valence-electron chi connectivity index (χ2n) is 7.82. The van der Waals surface area contributed by atoms with E-state index in [-0.39, 0.29) is 25.0 Å². The smallest absolute Gasteiger partial charge is 0.261 e. The maximum atomic E-state index is 13.5. The minimum absolute atomic E-state index is 0.187. The van der Waals surface area contributed by atoms with E-state index in [1.807, 2.05) is 42.5 Å². The van der Waals surface area contributed by atoms with Gasteiger partial charge in [0.25, 0.3) is 5.91 Å². The third-order valence-corrected chi connectivity index (χ3v) is 5.84. The van der Waals surface area contributed by atoms with Gasteiger partial charge in [0, 0.05) is 31.8 Å². The van der Waals surface area contributed by atoms with Crippen LogP contribution in [0, 0.1) is 0 Å². The molecule has 184 valence electrons. The second kappa shape index (κ2) is 13.7. The summed E-state index contributed by atoms with van der Waals surface area (Å²) in [4.78, 5) is 28.4. The van der Waals surface area contributed by atoms with Crippen molar-refractivity contribution >= 4 is 35.0 Å². The van der Waals surface area contributed by atoms with Crippen LogP contribution in [0.4, 0.5) is 0 Å². The lowest BCUT2D eigenvalue weighted by Gasteiger charge is -2.31. The first-order valence-corrected chi connectivity index (χ1v) is 12.0. The first kappa shape index (κ1) is 26.5. The molecule has 3 aromatic rings. The van der Waals surface area contributed by atoms with E-state index >= 15 is 0 Å². The minimum Gasteiger partial charge on any atom is -0.482 e. The van der Waals surface area contributed by atoms with Crippen LogP contribution in [0.1, 0.15) is 23.6 Å². The number of rotatable bonds is 12. The highest BCUT2D eigenvalue weighted by atomic mass is 35.5. The number of halogens is 2. The summed E-state index contributed by atoms with van der Waals surface area (Å²) >= 11 is 12.2. The zero-order chi connectivity index (χ0) is 25.0. The van der Waals surface area contributed by atoms with Crippen LogP contribution in [0.5, 0.6) is 5.75 Å². The van der Waals surface area contributed by atoms with E-state index < -0.39 is 6.04 Å². The van der Waals surface area contributed by atoms with Crippen molar-refractivity contribution in [2.75, 3.05) is 26.9 Å². The number of ether oxygens (including phenoxy) is 2. The molecule has 0 bridgehead atoms. The molecule has 0 aliphatic heterocycles. The molecule has 3 aromatic carbocycles. The molecule has 0 unspecified atom stereocenters. The van der Waals surface area contributed by atoms with Crippen molar-refractivity contribution in [2.24, 2.45) is 0 Å². The fourth-order valence-corrected chi connectivity index (χ4v) is 3.84. The fraction of sp³-hybridized carbons (Fsp3) is 0.259. The maximum absolute atomic E-state index is 13.5. The lowest BCUT2D eigenvalue weighted by atomic mass is 10.0. The van der Waals surface area contributed by atoms with Crippen LogP contribution in [-0.2, 0) is 20.9 Å². The Morgan fingerprint density at radius 2 is 1.63 bits per heavy atom. The molecule has 35 heavy (non-hydrogen) atoms. The molecule has 0 saturated heterocycles. The highest BCUT2D eigenvalue weighted by Crippen LogP contribution is 2.26. The van der Waals surface area contributed by atoms with Gasteiger partial charge in [-0.15, -0.1) is 0 Å².